The second-order valence-corrected chi connectivity index (χ2v) is 8.96. The Kier molecular flexibility index (Phi) is 16.3. The SMILES string of the molecule is CCCCCCCCCCCCCCCC(CC(=O)CC(=O)c1ccccc1)C(=O)OC. The Morgan fingerprint density at radius 3 is 1.75 bits per heavy atom. The summed E-state index contributed by atoms with van der Waals surface area (Å²) >= 11 is 0. The monoisotopic (exact) mass is 444 g/mol. The first-order valence-electron chi connectivity index (χ1n) is 12.8. The van der Waals surface area contributed by atoms with Crippen molar-refractivity contribution in [1.29, 1.82) is 0 Å². The zero-order valence-electron chi connectivity index (χ0n) is 20.4. The fourth-order valence-corrected chi connectivity index (χ4v) is 4.13. The van der Waals surface area contributed by atoms with Crippen LogP contribution in [-0.4, -0.2) is 24.6 Å². The van der Waals surface area contributed by atoms with E-state index in [1.165, 1.54) is 77.7 Å². The van der Waals surface area contributed by atoms with Crippen molar-refractivity contribution in [3.8, 4) is 0 Å². The normalized spacial score (nSPS) is 11.8. The van der Waals surface area contributed by atoms with E-state index in [0.29, 0.717) is 12.0 Å². The maximum Gasteiger partial charge on any atom is 0.309 e. The van der Waals surface area contributed by atoms with Crippen LogP contribution in [0.2, 0.25) is 0 Å². The summed E-state index contributed by atoms with van der Waals surface area (Å²) in [5, 5.41) is 0. The number of carbonyl (C=O) groups is 3. The van der Waals surface area contributed by atoms with E-state index in [1.807, 2.05) is 6.07 Å². The average Bonchev–Trinajstić information content (AvgIpc) is 2.81. The molecule has 32 heavy (non-hydrogen) atoms. The number of esters is 1. The Morgan fingerprint density at radius 2 is 1.25 bits per heavy atom. The summed E-state index contributed by atoms with van der Waals surface area (Å²) in [7, 11) is 1.36. The van der Waals surface area contributed by atoms with Gasteiger partial charge in [-0.15, -0.1) is 0 Å². The summed E-state index contributed by atoms with van der Waals surface area (Å²) in [6.07, 6.45) is 17.1. The molecular formula is C28H44O4. The van der Waals surface area contributed by atoms with Crippen LogP contribution >= 0.6 is 0 Å². The standard InChI is InChI=1S/C28H44O4/c1-3-4-5-6-7-8-9-10-11-12-13-14-16-21-25(28(31)32-2)22-26(29)23-27(30)24-19-17-15-18-20-24/h15,17-20,25H,3-14,16,21-23H2,1-2H3. The van der Waals surface area contributed by atoms with Gasteiger partial charge in [0.1, 0.15) is 5.78 Å². The van der Waals surface area contributed by atoms with Crippen molar-refractivity contribution >= 4 is 17.5 Å². The molecule has 0 aliphatic carbocycles. The fraction of sp³-hybridized carbons (Fsp3) is 0.679. The first-order valence-corrected chi connectivity index (χ1v) is 12.8. The minimum Gasteiger partial charge on any atom is -0.469 e. The highest BCUT2D eigenvalue weighted by Crippen LogP contribution is 2.19. The van der Waals surface area contributed by atoms with Crippen LogP contribution in [-0.2, 0) is 14.3 Å². The van der Waals surface area contributed by atoms with Gasteiger partial charge in [-0.1, -0.05) is 121 Å². The molecule has 4 heteroatoms. The third-order valence-corrected chi connectivity index (χ3v) is 6.12. The molecule has 1 rings (SSSR count). The largest absolute Gasteiger partial charge is 0.469 e. The Balaban J connectivity index is 2.16. The molecule has 1 aromatic rings. The smallest absolute Gasteiger partial charge is 0.309 e. The fourth-order valence-electron chi connectivity index (χ4n) is 4.13. The number of rotatable bonds is 20. The van der Waals surface area contributed by atoms with Crippen LogP contribution in [0.3, 0.4) is 0 Å². The number of hydrogen-bond donors (Lipinski definition) is 0. The van der Waals surface area contributed by atoms with E-state index in [2.05, 4.69) is 6.92 Å². The molecule has 0 radical (unpaired) electrons. The van der Waals surface area contributed by atoms with E-state index in [0.717, 1.165) is 12.8 Å². The minimum absolute atomic E-state index is 0.0868. The van der Waals surface area contributed by atoms with E-state index in [9.17, 15) is 14.4 Å². The van der Waals surface area contributed by atoms with Crippen LogP contribution in [0.5, 0.6) is 0 Å². The molecule has 0 saturated carbocycles. The van der Waals surface area contributed by atoms with Gasteiger partial charge < -0.3 is 4.74 Å². The molecule has 0 aliphatic rings. The van der Waals surface area contributed by atoms with E-state index >= 15 is 0 Å². The van der Waals surface area contributed by atoms with Crippen molar-refractivity contribution < 1.29 is 19.1 Å². The van der Waals surface area contributed by atoms with Crippen LogP contribution in [0.1, 0.15) is 120 Å². The van der Waals surface area contributed by atoms with Crippen LogP contribution in [0.25, 0.3) is 0 Å². The zero-order valence-corrected chi connectivity index (χ0v) is 20.4. The number of unbranched alkanes of at least 4 members (excludes halogenated alkanes) is 12. The van der Waals surface area contributed by atoms with Gasteiger partial charge in [-0.05, 0) is 6.42 Å². The third-order valence-electron chi connectivity index (χ3n) is 6.12. The number of ketones is 2. The molecule has 4 nitrogen and oxygen atoms in total. The van der Waals surface area contributed by atoms with Gasteiger partial charge >= 0.3 is 5.97 Å². The minimum atomic E-state index is -0.441. The summed E-state index contributed by atoms with van der Waals surface area (Å²) in [6, 6.07) is 8.82. The van der Waals surface area contributed by atoms with Gasteiger partial charge in [-0.3, -0.25) is 14.4 Å². The molecule has 0 saturated heterocycles. The number of Topliss-reactive ketones (excluding diaryl/α,β-unsaturated/α-hetero) is 2. The highest BCUT2D eigenvalue weighted by atomic mass is 16.5. The maximum absolute atomic E-state index is 12.4. The molecule has 0 bridgehead atoms. The number of methoxy groups -OCH3 is 1. The van der Waals surface area contributed by atoms with E-state index in [1.54, 1.807) is 24.3 Å². The Morgan fingerprint density at radius 1 is 0.750 bits per heavy atom. The maximum atomic E-state index is 12.4. The highest BCUT2D eigenvalue weighted by molar-refractivity contribution is 6.08. The quantitative estimate of drug-likeness (QED) is 0.0904. The molecule has 0 fully saturated rings. The highest BCUT2D eigenvalue weighted by Gasteiger charge is 2.23. The molecule has 0 heterocycles. The number of benzene rings is 1. The summed E-state index contributed by atoms with van der Waals surface area (Å²) in [4.78, 5) is 36.7. The average molecular weight is 445 g/mol. The van der Waals surface area contributed by atoms with Crippen molar-refractivity contribution in [2.45, 2.75) is 110 Å². The second-order valence-electron chi connectivity index (χ2n) is 8.96. The lowest BCUT2D eigenvalue weighted by atomic mass is 9.93. The molecule has 0 spiro atoms. The van der Waals surface area contributed by atoms with Gasteiger partial charge in [0, 0.05) is 12.0 Å². The predicted molar refractivity (Wildman–Crippen MR) is 131 cm³/mol. The van der Waals surface area contributed by atoms with Crippen LogP contribution in [0, 0.1) is 5.92 Å². The summed E-state index contributed by atoms with van der Waals surface area (Å²) in [6.45, 7) is 2.25. The summed E-state index contributed by atoms with van der Waals surface area (Å²) in [5.74, 6) is -1.17. The van der Waals surface area contributed by atoms with E-state index < -0.39 is 5.92 Å². The molecular weight excluding hydrogens is 400 g/mol. The number of carbonyl (C=O) groups excluding carboxylic acids is 3. The van der Waals surface area contributed by atoms with Gasteiger partial charge in [-0.2, -0.15) is 0 Å². The predicted octanol–water partition coefficient (Wildman–Crippen LogP) is 7.49. The third kappa shape index (κ3) is 13.4. The van der Waals surface area contributed by atoms with E-state index in [4.69, 9.17) is 4.74 Å². The van der Waals surface area contributed by atoms with Gasteiger partial charge in [-0.25, -0.2) is 0 Å². The summed E-state index contributed by atoms with van der Waals surface area (Å²) in [5.41, 5.74) is 0.534. The van der Waals surface area contributed by atoms with E-state index in [-0.39, 0.29) is 30.4 Å². The molecule has 1 unspecified atom stereocenters. The molecule has 0 N–H and O–H groups in total. The zero-order chi connectivity index (χ0) is 23.4. The van der Waals surface area contributed by atoms with Gasteiger partial charge in [0.2, 0.25) is 0 Å². The van der Waals surface area contributed by atoms with Crippen molar-refractivity contribution in [3.63, 3.8) is 0 Å². The van der Waals surface area contributed by atoms with Gasteiger partial charge in [0.15, 0.2) is 5.78 Å². The number of hydrogen-bond acceptors (Lipinski definition) is 4. The first-order chi connectivity index (χ1) is 15.6. The molecule has 1 aromatic carbocycles. The molecule has 0 aromatic heterocycles. The van der Waals surface area contributed by atoms with Crippen molar-refractivity contribution in [1.82, 2.24) is 0 Å². The lowest BCUT2D eigenvalue weighted by Crippen LogP contribution is -2.21. The van der Waals surface area contributed by atoms with Crippen LogP contribution in [0.15, 0.2) is 30.3 Å². The van der Waals surface area contributed by atoms with Crippen molar-refractivity contribution in [3.05, 3.63) is 35.9 Å². The number of ether oxygens (including phenoxy) is 1. The molecule has 180 valence electrons. The lowest BCUT2D eigenvalue weighted by Gasteiger charge is -2.13. The van der Waals surface area contributed by atoms with Gasteiger partial charge in [0.05, 0.1) is 19.4 Å². The van der Waals surface area contributed by atoms with Crippen molar-refractivity contribution in [2.75, 3.05) is 7.11 Å². The van der Waals surface area contributed by atoms with Crippen LogP contribution in [0.4, 0.5) is 0 Å². The Hall–Kier alpha value is -1.97. The van der Waals surface area contributed by atoms with Crippen LogP contribution < -0.4 is 0 Å². The Labute approximate surface area is 195 Å². The van der Waals surface area contributed by atoms with Gasteiger partial charge in [0.25, 0.3) is 0 Å². The molecule has 1 atom stereocenters. The first kappa shape index (κ1) is 28.1. The second kappa shape index (κ2) is 18.6. The Bertz CT molecular complexity index is 638. The van der Waals surface area contributed by atoms with Crippen molar-refractivity contribution in [2.24, 2.45) is 5.92 Å². The summed E-state index contributed by atoms with van der Waals surface area (Å²) < 4.78 is 4.89. The molecule has 0 amide bonds. The molecule has 0 aliphatic heterocycles. The topological polar surface area (TPSA) is 60.4 Å². The lowest BCUT2D eigenvalue weighted by molar-refractivity contribution is -0.147.